The molecule has 0 fully saturated rings. The van der Waals surface area contributed by atoms with E-state index in [9.17, 15) is 9.00 Å². The van der Waals surface area contributed by atoms with Crippen molar-refractivity contribution in [3.8, 4) is 11.4 Å². The summed E-state index contributed by atoms with van der Waals surface area (Å²) >= 11 is 0. The van der Waals surface area contributed by atoms with Crippen LogP contribution >= 0.6 is 0 Å². The van der Waals surface area contributed by atoms with Crippen molar-refractivity contribution in [1.82, 2.24) is 9.78 Å². The first-order chi connectivity index (χ1) is 13.1. The molecule has 2 aromatic carbocycles. The van der Waals surface area contributed by atoms with Crippen LogP contribution in [0.1, 0.15) is 27.2 Å². The number of aromatic nitrogens is 2. The largest absolute Gasteiger partial charge is 0.496 e. The highest BCUT2D eigenvalue weighted by Gasteiger charge is 2.29. The Balaban J connectivity index is 1.79. The molecule has 0 saturated heterocycles. The van der Waals surface area contributed by atoms with E-state index < -0.39 is 10.8 Å². The Labute approximate surface area is 159 Å². The number of aryl methyl sites for hydroxylation is 1. The van der Waals surface area contributed by atoms with E-state index in [0.29, 0.717) is 28.6 Å². The Bertz CT molecular complexity index is 1060. The zero-order valence-corrected chi connectivity index (χ0v) is 15.9. The van der Waals surface area contributed by atoms with Crippen molar-refractivity contribution in [1.29, 1.82) is 0 Å². The van der Waals surface area contributed by atoms with Crippen LogP contribution in [0.3, 0.4) is 0 Å². The molecule has 1 aliphatic rings. The standard InChI is InChI=1S/C20H19N3O3S/c1-13-7-3-5-9-17(13)23-19(15-11-27(25)12-16(15)22-23)21-20(24)14-8-4-6-10-18(14)26-2/h3-10H,11-12H2,1-2H3,(H,21,24)/t27-/m0/s1. The van der Waals surface area contributed by atoms with E-state index in [2.05, 4.69) is 10.4 Å². The first-order valence-corrected chi connectivity index (χ1v) is 10.0. The zero-order chi connectivity index (χ0) is 19.0. The molecule has 0 unspecified atom stereocenters. The Morgan fingerprint density at radius 3 is 2.67 bits per heavy atom. The first kappa shape index (κ1) is 17.5. The molecule has 1 N–H and O–H groups in total. The molecule has 2 heterocycles. The summed E-state index contributed by atoms with van der Waals surface area (Å²) in [6, 6.07) is 14.9. The minimum Gasteiger partial charge on any atom is -0.496 e. The van der Waals surface area contributed by atoms with Crippen molar-refractivity contribution in [2.45, 2.75) is 18.4 Å². The van der Waals surface area contributed by atoms with Crippen molar-refractivity contribution in [3.63, 3.8) is 0 Å². The van der Waals surface area contributed by atoms with Gasteiger partial charge in [-0.15, -0.1) is 0 Å². The second-order valence-electron chi connectivity index (χ2n) is 6.36. The summed E-state index contributed by atoms with van der Waals surface area (Å²) in [6.45, 7) is 1.99. The molecule has 0 bridgehead atoms. The number of nitrogens with zero attached hydrogens (tertiary/aromatic N) is 2. The SMILES string of the molecule is COc1ccccc1C(=O)Nc1c2c(nn1-c1ccccc1C)C[S@@](=O)C2. The average molecular weight is 381 g/mol. The molecule has 0 aliphatic carbocycles. The monoisotopic (exact) mass is 381 g/mol. The van der Waals surface area contributed by atoms with Crippen molar-refractivity contribution < 1.29 is 13.7 Å². The first-order valence-electron chi connectivity index (χ1n) is 8.54. The lowest BCUT2D eigenvalue weighted by atomic mass is 10.1. The number of fused-ring (bicyclic) bond motifs is 1. The van der Waals surface area contributed by atoms with E-state index in [1.54, 1.807) is 22.9 Å². The molecule has 138 valence electrons. The van der Waals surface area contributed by atoms with Crippen molar-refractivity contribution in [2.24, 2.45) is 0 Å². The van der Waals surface area contributed by atoms with Crippen LogP contribution in [-0.2, 0) is 22.3 Å². The van der Waals surface area contributed by atoms with Gasteiger partial charge < -0.3 is 10.1 Å². The number of methoxy groups -OCH3 is 1. The minimum atomic E-state index is -0.986. The van der Waals surface area contributed by atoms with Crippen LogP contribution in [-0.4, -0.2) is 27.0 Å². The molecular weight excluding hydrogens is 362 g/mol. The average Bonchev–Trinajstić information content (AvgIpc) is 3.19. The fourth-order valence-corrected chi connectivity index (χ4v) is 4.50. The molecule has 0 radical (unpaired) electrons. The number of carbonyl (C=O) groups is 1. The van der Waals surface area contributed by atoms with Crippen molar-refractivity contribution >= 4 is 22.5 Å². The molecule has 27 heavy (non-hydrogen) atoms. The van der Waals surface area contributed by atoms with E-state index in [4.69, 9.17) is 4.74 Å². The smallest absolute Gasteiger partial charge is 0.260 e. The van der Waals surface area contributed by atoms with Crippen molar-refractivity contribution in [2.75, 3.05) is 12.4 Å². The van der Waals surface area contributed by atoms with Crippen LogP contribution in [0.15, 0.2) is 48.5 Å². The van der Waals surface area contributed by atoms with Gasteiger partial charge in [0.2, 0.25) is 0 Å². The summed E-state index contributed by atoms with van der Waals surface area (Å²) < 4.78 is 19.1. The fourth-order valence-electron chi connectivity index (χ4n) is 3.24. The molecule has 1 aliphatic heterocycles. The van der Waals surface area contributed by atoms with Crippen LogP contribution in [0.4, 0.5) is 5.82 Å². The Kier molecular flexibility index (Phi) is 4.53. The third-order valence-corrected chi connectivity index (χ3v) is 5.80. The topological polar surface area (TPSA) is 73.2 Å². The molecular formula is C20H19N3O3S. The number of amides is 1. The second-order valence-corrected chi connectivity index (χ2v) is 7.81. The number of ether oxygens (including phenoxy) is 1. The second kappa shape index (κ2) is 7.00. The fraction of sp³-hybridized carbons (Fsp3) is 0.200. The normalized spacial score (nSPS) is 15.4. The van der Waals surface area contributed by atoms with E-state index >= 15 is 0 Å². The third-order valence-electron chi connectivity index (χ3n) is 4.60. The van der Waals surface area contributed by atoms with Gasteiger partial charge in [0.15, 0.2) is 0 Å². The van der Waals surface area contributed by atoms with Crippen LogP contribution in [0.25, 0.3) is 5.69 Å². The van der Waals surface area contributed by atoms with E-state index in [-0.39, 0.29) is 5.91 Å². The van der Waals surface area contributed by atoms with E-state index in [1.807, 2.05) is 37.3 Å². The predicted molar refractivity (Wildman–Crippen MR) is 105 cm³/mol. The predicted octanol–water partition coefficient (Wildman–Crippen LogP) is 3.20. The van der Waals surface area contributed by atoms with Crippen molar-refractivity contribution in [3.05, 3.63) is 70.9 Å². The number of hydrogen-bond acceptors (Lipinski definition) is 4. The highest BCUT2D eigenvalue weighted by Crippen LogP contribution is 2.32. The minimum absolute atomic E-state index is 0.289. The van der Waals surface area contributed by atoms with Gasteiger partial charge in [0, 0.05) is 16.4 Å². The third kappa shape index (κ3) is 3.14. The molecule has 3 aromatic rings. The zero-order valence-electron chi connectivity index (χ0n) is 15.1. The molecule has 0 saturated carbocycles. The molecule has 6 nitrogen and oxygen atoms in total. The maximum Gasteiger partial charge on any atom is 0.260 e. The number of carbonyl (C=O) groups excluding carboxylic acids is 1. The molecule has 1 aromatic heterocycles. The molecule has 4 rings (SSSR count). The lowest BCUT2D eigenvalue weighted by molar-refractivity contribution is 0.102. The maximum absolute atomic E-state index is 12.9. The molecule has 1 atom stereocenters. The number of anilines is 1. The molecule has 1 amide bonds. The highest BCUT2D eigenvalue weighted by atomic mass is 32.2. The van der Waals surface area contributed by atoms with E-state index in [1.165, 1.54) is 7.11 Å². The number of rotatable bonds is 4. The Hall–Kier alpha value is -2.93. The van der Waals surface area contributed by atoms with Gasteiger partial charge in [0.1, 0.15) is 11.6 Å². The van der Waals surface area contributed by atoms with Gasteiger partial charge in [-0.3, -0.25) is 9.00 Å². The van der Waals surface area contributed by atoms with Crippen LogP contribution in [0, 0.1) is 6.92 Å². The molecule has 7 heteroatoms. The van der Waals surface area contributed by atoms with Gasteiger partial charge in [-0.2, -0.15) is 5.10 Å². The van der Waals surface area contributed by atoms with E-state index in [0.717, 1.165) is 22.5 Å². The highest BCUT2D eigenvalue weighted by molar-refractivity contribution is 7.83. The van der Waals surface area contributed by atoms with Gasteiger partial charge in [-0.05, 0) is 30.7 Å². The van der Waals surface area contributed by atoms with Gasteiger partial charge in [-0.1, -0.05) is 30.3 Å². The van der Waals surface area contributed by atoms with Gasteiger partial charge in [0.05, 0.1) is 35.6 Å². The van der Waals surface area contributed by atoms with Crippen LogP contribution in [0.5, 0.6) is 5.75 Å². The Morgan fingerprint density at radius 2 is 1.89 bits per heavy atom. The summed E-state index contributed by atoms with van der Waals surface area (Å²) in [6.07, 6.45) is 0. The number of benzene rings is 2. The summed E-state index contributed by atoms with van der Waals surface area (Å²) in [5.41, 5.74) is 3.96. The number of nitrogens with one attached hydrogen (secondary N) is 1. The maximum atomic E-state index is 12.9. The lowest BCUT2D eigenvalue weighted by Gasteiger charge is -2.14. The van der Waals surface area contributed by atoms with Gasteiger partial charge >= 0.3 is 0 Å². The molecule has 0 spiro atoms. The van der Waals surface area contributed by atoms with Crippen LogP contribution in [0.2, 0.25) is 0 Å². The summed E-state index contributed by atoms with van der Waals surface area (Å²) in [5, 5.41) is 7.61. The van der Waals surface area contributed by atoms with Gasteiger partial charge in [-0.25, -0.2) is 4.68 Å². The lowest BCUT2D eigenvalue weighted by Crippen LogP contribution is -2.17. The Morgan fingerprint density at radius 1 is 1.15 bits per heavy atom. The quantitative estimate of drug-likeness (QED) is 0.753. The van der Waals surface area contributed by atoms with Gasteiger partial charge in [0.25, 0.3) is 5.91 Å². The summed E-state index contributed by atoms with van der Waals surface area (Å²) in [7, 11) is 0.547. The number of para-hydroxylation sites is 2. The summed E-state index contributed by atoms with van der Waals surface area (Å²) in [5.74, 6) is 1.58. The summed E-state index contributed by atoms with van der Waals surface area (Å²) in [4.78, 5) is 12.9. The number of hydrogen-bond donors (Lipinski definition) is 1. The van der Waals surface area contributed by atoms with Crippen LogP contribution < -0.4 is 10.1 Å².